The first-order valence-electron chi connectivity index (χ1n) is 10.9. The highest BCUT2D eigenvalue weighted by atomic mass is 17.3. The van der Waals surface area contributed by atoms with E-state index in [1.165, 1.54) is 0 Å². The van der Waals surface area contributed by atoms with Gasteiger partial charge in [-0.05, 0) is 44.7 Å². The van der Waals surface area contributed by atoms with Crippen LogP contribution in [0.1, 0.15) is 45.6 Å². The Labute approximate surface area is 181 Å². The van der Waals surface area contributed by atoms with Crippen LogP contribution >= 0.6 is 0 Å². The number of carbonyl (C=O) groups is 2. The van der Waals surface area contributed by atoms with E-state index in [-0.39, 0.29) is 23.7 Å². The van der Waals surface area contributed by atoms with Crippen LogP contribution in [-0.2, 0) is 28.8 Å². The van der Waals surface area contributed by atoms with Gasteiger partial charge in [-0.25, -0.2) is 14.6 Å². The summed E-state index contributed by atoms with van der Waals surface area (Å²) >= 11 is 0. The van der Waals surface area contributed by atoms with Crippen LogP contribution in [0.3, 0.4) is 0 Å². The molecule has 8 nitrogen and oxygen atoms in total. The smallest absolute Gasteiger partial charge is 0.432 e. The molecule has 0 amide bonds. The molecule has 0 radical (unpaired) electrons. The lowest BCUT2D eigenvalue weighted by Crippen LogP contribution is -2.71. The van der Waals surface area contributed by atoms with Crippen LogP contribution in [-0.4, -0.2) is 35.9 Å². The van der Waals surface area contributed by atoms with Crippen molar-refractivity contribution < 1.29 is 38.3 Å². The third-order valence-corrected chi connectivity index (χ3v) is 7.53. The molecule has 2 bridgehead atoms. The first kappa shape index (κ1) is 20.7. The van der Waals surface area contributed by atoms with Crippen molar-refractivity contribution in [2.75, 3.05) is 0 Å². The van der Waals surface area contributed by atoms with E-state index in [0.717, 1.165) is 12.0 Å². The van der Waals surface area contributed by atoms with Crippen molar-refractivity contribution in [3.8, 4) is 5.75 Å². The average molecular weight is 432 g/mol. The Hall–Kier alpha value is -2.16. The number of hydrogen-bond acceptors (Lipinski definition) is 8. The van der Waals surface area contributed by atoms with Gasteiger partial charge in [-0.15, -0.1) is 0 Å². The molecule has 8 heteroatoms. The van der Waals surface area contributed by atoms with Crippen LogP contribution in [0.15, 0.2) is 24.3 Å². The highest BCUT2D eigenvalue weighted by Crippen LogP contribution is 2.60. The molecule has 1 saturated carbocycles. The standard InChI is InChI=1S/C23H28O8/c1-12-5-7-15(8-6-12)26-21(25)27-18-11-17-14(3)19(24)28-20-23(17)16(13(18)2)9-10-22(4,29-20)30-31-23/h5-8,13-14,16-18,20H,9-11H2,1-4H3/t13-,14+,16-,17-,18-,20+,22?,23+/m0/s1. The number of rotatable bonds is 2. The van der Waals surface area contributed by atoms with Crippen molar-refractivity contribution in [1.29, 1.82) is 0 Å². The number of ether oxygens (including phenoxy) is 4. The fourth-order valence-electron chi connectivity index (χ4n) is 5.71. The molecule has 31 heavy (non-hydrogen) atoms. The summed E-state index contributed by atoms with van der Waals surface area (Å²) in [5.41, 5.74) is 0.157. The molecule has 168 valence electrons. The summed E-state index contributed by atoms with van der Waals surface area (Å²) in [5.74, 6) is -1.75. The summed E-state index contributed by atoms with van der Waals surface area (Å²) in [7, 11) is 0. The lowest BCUT2D eigenvalue weighted by molar-refractivity contribution is -0.560. The zero-order chi connectivity index (χ0) is 22.0. The number of hydrogen-bond donors (Lipinski definition) is 0. The minimum atomic E-state index is -0.973. The lowest BCUT2D eigenvalue weighted by atomic mass is 9.57. The molecule has 0 N–H and O–H groups in total. The largest absolute Gasteiger partial charge is 0.514 e. The van der Waals surface area contributed by atoms with Crippen molar-refractivity contribution in [3.05, 3.63) is 29.8 Å². The van der Waals surface area contributed by atoms with E-state index < -0.39 is 35.9 Å². The first-order chi connectivity index (χ1) is 14.7. The molecule has 1 unspecified atom stereocenters. The van der Waals surface area contributed by atoms with E-state index in [0.29, 0.717) is 18.6 Å². The van der Waals surface area contributed by atoms with Gasteiger partial charge in [0.2, 0.25) is 12.1 Å². The highest BCUT2D eigenvalue weighted by molar-refractivity contribution is 5.74. The minimum absolute atomic E-state index is 0.0685. The fourth-order valence-corrected chi connectivity index (χ4v) is 5.71. The average Bonchev–Trinajstić information content (AvgIpc) is 2.95. The van der Waals surface area contributed by atoms with Crippen LogP contribution in [0.5, 0.6) is 5.75 Å². The molecule has 1 aromatic rings. The second kappa shape index (κ2) is 7.18. The number of esters is 1. The van der Waals surface area contributed by atoms with Crippen LogP contribution in [0.4, 0.5) is 4.79 Å². The topological polar surface area (TPSA) is 89.5 Å². The number of fused-ring (bicyclic) bond motifs is 2. The van der Waals surface area contributed by atoms with Gasteiger partial charge in [0.25, 0.3) is 0 Å². The molecule has 5 fully saturated rings. The van der Waals surface area contributed by atoms with Gasteiger partial charge in [0, 0.05) is 18.3 Å². The molecule has 6 rings (SSSR count). The van der Waals surface area contributed by atoms with E-state index in [9.17, 15) is 9.59 Å². The Kier molecular flexibility index (Phi) is 4.80. The molecule has 4 saturated heterocycles. The number of benzene rings is 1. The SMILES string of the molecule is Cc1ccc(OC(=O)O[C@H]2C[C@H]3[C@@H](C)C(=O)O[C@@H]4OC5(C)CC[C@@H]([C@@H]2C)[C@]43OO5)cc1. The second-order valence-electron chi connectivity index (χ2n) is 9.50. The Bertz CT molecular complexity index is 884. The maximum absolute atomic E-state index is 12.6. The maximum atomic E-state index is 12.6. The van der Waals surface area contributed by atoms with Gasteiger partial charge in [0.05, 0.1) is 5.92 Å². The number of carbonyl (C=O) groups excluding carboxylic acids is 2. The minimum Gasteiger partial charge on any atom is -0.432 e. The van der Waals surface area contributed by atoms with Crippen molar-refractivity contribution in [2.45, 2.75) is 70.7 Å². The molecular weight excluding hydrogens is 404 g/mol. The molecule has 4 aliphatic heterocycles. The molecular formula is C23H28O8. The Morgan fingerprint density at radius 3 is 2.61 bits per heavy atom. The Morgan fingerprint density at radius 2 is 1.87 bits per heavy atom. The van der Waals surface area contributed by atoms with Gasteiger partial charge in [-0.1, -0.05) is 31.5 Å². The second-order valence-corrected chi connectivity index (χ2v) is 9.50. The van der Waals surface area contributed by atoms with Gasteiger partial charge in [-0.2, -0.15) is 0 Å². The summed E-state index contributed by atoms with van der Waals surface area (Å²) in [5, 5.41) is 0. The van der Waals surface area contributed by atoms with Gasteiger partial charge in [-0.3, -0.25) is 4.79 Å². The van der Waals surface area contributed by atoms with E-state index in [4.69, 9.17) is 28.7 Å². The zero-order valence-corrected chi connectivity index (χ0v) is 18.2. The quantitative estimate of drug-likeness (QED) is 0.395. The first-order valence-corrected chi connectivity index (χ1v) is 10.9. The molecule has 5 aliphatic rings. The van der Waals surface area contributed by atoms with E-state index >= 15 is 0 Å². The third-order valence-electron chi connectivity index (χ3n) is 7.53. The Balaban J connectivity index is 1.40. The Morgan fingerprint density at radius 1 is 1.13 bits per heavy atom. The number of aryl methyl sites for hydroxylation is 1. The van der Waals surface area contributed by atoms with Gasteiger partial charge >= 0.3 is 12.1 Å². The monoisotopic (exact) mass is 432 g/mol. The van der Waals surface area contributed by atoms with Gasteiger partial charge in [0.15, 0.2) is 5.60 Å². The summed E-state index contributed by atoms with van der Waals surface area (Å²) in [6.07, 6.45) is -0.271. The fraction of sp³-hybridized carbons (Fsp3) is 0.652. The van der Waals surface area contributed by atoms with E-state index in [2.05, 4.69) is 0 Å². The van der Waals surface area contributed by atoms with Crippen LogP contribution in [0, 0.1) is 30.6 Å². The maximum Gasteiger partial charge on any atom is 0.514 e. The van der Waals surface area contributed by atoms with Crippen LogP contribution in [0.25, 0.3) is 0 Å². The molecule has 1 spiro atoms. The summed E-state index contributed by atoms with van der Waals surface area (Å²) in [6, 6.07) is 7.19. The molecule has 1 aromatic carbocycles. The normalized spacial score (nSPS) is 43.4. The molecule has 1 aliphatic carbocycles. The molecule has 8 atom stereocenters. The summed E-state index contributed by atoms with van der Waals surface area (Å²) in [4.78, 5) is 36.9. The van der Waals surface area contributed by atoms with Crippen LogP contribution in [0.2, 0.25) is 0 Å². The lowest BCUT2D eigenvalue weighted by Gasteiger charge is -2.58. The van der Waals surface area contributed by atoms with Gasteiger partial charge in [0.1, 0.15) is 11.9 Å². The highest BCUT2D eigenvalue weighted by Gasteiger charge is 2.71. The van der Waals surface area contributed by atoms with Crippen molar-refractivity contribution in [1.82, 2.24) is 0 Å². The summed E-state index contributed by atoms with van der Waals surface area (Å²) < 4.78 is 22.9. The van der Waals surface area contributed by atoms with Crippen molar-refractivity contribution in [3.63, 3.8) is 0 Å². The summed E-state index contributed by atoms with van der Waals surface area (Å²) in [6.45, 7) is 7.59. The molecule has 4 heterocycles. The molecule has 0 aromatic heterocycles. The zero-order valence-electron chi connectivity index (χ0n) is 18.2. The predicted octanol–water partition coefficient (Wildman–Crippen LogP) is 3.90. The predicted molar refractivity (Wildman–Crippen MR) is 106 cm³/mol. The van der Waals surface area contributed by atoms with E-state index in [1.54, 1.807) is 19.1 Å². The van der Waals surface area contributed by atoms with Crippen molar-refractivity contribution in [2.24, 2.45) is 23.7 Å². The van der Waals surface area contributed by atoms with Crippen LogP contribution < -0.4 is 4.74 Å². The van der Waals surface area contributed by atoms with Crippen molar-refractivity contribution >= 4 is 12.1 Å². The van der Waals surface area contributed by atoms with E-state index in [1.807, 2.05) is 32.9 Å². The third kappa shape index (κ3) is 3.23. The van der Waals surface area contributed by atoms with Gasteiger partial charge < -0.3 is 18.9 Å².